The maximum absolute atomic E-state index is 12.5. The summed E-state index contributed by atoms with van der Waals surface area (Å²) in [4.78, 5) is 12.5. The molecule has 1 unspecified atom stereocenters. The summed E-state index contributed by atoms with van der Waals surface area (Å²) < 4.78 is 5.60. The number of carbonyl (C=O) groups excluding carboxylic acids is 1. The van der Waals surface area contributed by atoms with Crippen molar-refractivity contribution in [3.05, 3.63) is 0 Å². The SMILES string of the molecule is CCCCCCCCC(N[C@@H]1CC[C@H](N)C1)C(=O)OC(C)(C)C. The van der Waals surface area contributed by atoms with Crippen molar-refractivity contribution in [3.63, 3.8) is 0 Å². The molecule has 0 amide bonds. The quantitative estimate of drug-likeness (QED) is 0.472. The third-order valence-corrected chi connectivity index (χ3v) is 4.45. The molecule has 0 saturated heterocycles. The maximum Gasteiger partial charge on any atom is 0.323 e. The normalized spacial score (nSPS) is 23.0. The zero-order chi connectivity index (χ0) is 17.3. The van der Waals surface area contributed by atoms with Gasteiger partial charge in [-0.1, -0.05) is 45.4 Å². The molecule has 1 saturated carbocycles. The van der Waals surface area contributed by atoms with Gasteiger partial charge in [-0.2, -0.15) is 0 Å². The molecule has 1 aliphatic carbocycles. The van der Waals surface area contributed by atoms with Crippen LogP contribution in [0.25, 0.3) is 0 Å². The van der Waals surface area contributed by atoms with Gasteiger partial charge in [0.15, 0.2) is 0 Å². The molecular weight excluding hydrogens is 288 g/mol. The predicted molar refractivity (Wildman–Crippen MR) is 96.4 cm³/mol. The van der Waals surface area contributed by atoms with Crippen LogP contribution in [0, 0.1) is 0 Å². The summed E-state index contributed by atoms with van der Waals surface area (Å²) in [5, 5.41) is 3.52. The van der Waals surface area contributed by atoms with E-state index in [1.54, 1.807) is 0 Å². The fourth-order valence-electron chi connectivity index (χ4n) is 3.22. The van der Waals surface area contributed by atoms with Crippen LogP contribution in [0.3, 0.4) is 0 Å². The number of rotatable bonds is 10. The zero-order valence-electron chi connectivity index (χ0n) is 15.7. The Morgan fingerprint density at radius 1 is 1.17 bits per heavy atom. The molecule has 4 heteroatoms. The second-order valence-corrected chi connectivity index (χ2v) is 8.08. The van der Waals surface area contributed by atoms with E-state index in [4.69, 9.17) is 10.5 Å². The van der Waals surface area contributed by atoms with Gasteiger partial charge in [0.2, 0.25) is 0 Å². The van der Waals surface area contributed by atoms with Crippen LogP contribution >= 0.6 is 0 Å². The van der Waals surface area contributed by atoms with Gasteiger partial charge in [0.25, 0.3) is 0 Å². The monoisotopic (exact) mass is 326 g/mol. The highest BCUT2D eigenvalue weighted by Gasteiger charge is 2.29. The molecule has 1 fully saturated rings. The molecule has 3 N–H and O–H groups in total. The summed E-state index contributed by atoms with van der Waals surface area (Å²) in [7, 11) is 0. The van der Waals surface area contributed by atoms with E-state index in [1.807, 2.05) is 20.8 Å². The van der Waals surface area contributed by atoms with Crippen molar-refractivity contribution >= 4 is 5.97 Å². The average molecular weight is 327 g/mol. The van der Waals surface area contributed by atoms with Gasteiger partial charge in [-0.15, -0.1) is 0 Å². The molecule has 3 atom stereocenters. The van der Waals surface area contributed by atoms with Gasteiger partial charge in [0.1, 0.15) is 11.6 Å². The Bertz CT molecular complexity index is 339. The number of nitrogens with two attached hydrogens (primary N) is 1. The van der Waals surface area contributed by atoms with E-state index in [2.05, 4.69) is 12.2 Å². The van der Waals surface area contributed by atoms with Crippen molar-refractivity contribution < 1.29 is 9.53 Å². The zero-order valence-corrected chi connectivity index (χ0v) is 15.7. The van der Waals surface area contributed by atoms with Crippen LogP contribution in [0.15, 0.2) is 0 Å². The molecule has 0 spiro atoms. The molecule has 0 aromatic rings. The molecule has 0 aromatic carbocycles. The summed E-state index contributed by atoms with van der Waals surface area (Å²) >= 11 is 0. The summed E-state index contributed by atoms with van der Waals surface area (Å²) in [5.41, 5.74) is 5.56. The third kappa shape index (κ3) is 9.31. The van der Waals surface area contributed by atoms with Crippen molar-refractivity contribution in [3.8, 4) is 0 Å². The third-order valence-electron chi connectivity index (χ3n) is 4.45. The highest BCUT2D eigenvalue weighted by atomic mass is 16.6. The van der Waals surface area contributed by atoms with Crippen molar-refractivity contribution in [1.29, 1.82) is 0 Å². The van der Waals surface area contributed by atoms with Crippen LogP contribution in [0.4, 0.5) is 0 Å². The lowest BCUT2D eigenvalue weighted by atomic mass is 10.0. The minimum absolute atomic E-state index is 0.105. The first-order valence-electron chi connectivity index (χ1n) is 9.56. The number of nitrogens with one attached hydrogen (secondary N) is 1. The average Bonchev–Trinajstić information content (AvgIpc) is 2.84. The predicted octanol–water partition coefficient (Wildman–Crippen LogP) is 3.92. The van der Waals surface area contributed by atoms with Crippen molar-refractivity contribution in [2.75, 3.05) is 0 Å². The minimum atomic E-state index is -0.426. The Hall–Kier alpha value is -0.610. The van der Waals surface area contributed by atoms with Gasteiger partial charge in [0, 0.05) is 12.1 Å². The van der Waals surface area contributed by atoms with E-state index in [9.17, 15) is 4.79 Å². The molecule has 1 aliphatic rings. The Balaban J connectivity index is 2.42. The second kappa shape index (κ2) is 10.3. The number of carbonyl (C=O) groups is 1. The molecule has 0 aromatic heterocycles. The fourth-order valence-corrected chi connectivity index (χ4v) is 3.22. The largest absolute Gasteiger partial charge is 0.459 e. The van der Waals surface area contributed by atoms with Crippen molar-refractivity contribution in [1.82, 2.24) is 5.32 Å². The van der Waals surface area contributed by atoms with E-state index in [1.165, 1.54) is 32.1 Å². The number of hydrogen-bond acceptors (Lipinski definition) is 4. The van der Waals surface area contributed by atoms with Gasteiger partial charge in [-0.05, 0) is 46.5 Å². The molecule has 0 aliphatic heterocycles. The molecule has 136 valence electrons. The van der Waals surface area contributed by atoms with E-state index in [0.717, 1.165) is 32.1 Å². The number of hydrogen-bond donors (Lipinski definition) is 2. The van der Waals surface area contributed by atoms with Gasteiger partial charge in [-0.3, -0.25) is 4.79 Å². The molecular formula is C19H38N2O2. The summed E-state index contributed by atoms with van der Waals surface area (Å²) in [6, 6.07) is 0.458. The van der Waals surface area contributed by atoms with Crippen LogP contribution < -0.4 is 11.1 Å². The van der Waals surface area contributed by atoms with E-state index >= 15 is 0 Å². The molecule has 0 radical (unpaired) electrons. The lowest BCUT2D eigenvalue weighted by molar-refractivity contribution is -0.158. The smallest absolute Gasteiger partial charge is 0.323 e. The second-order valence-electron chi connectivity index (χ2n) is 8.08. The maximum atomic E-state index is 12.5. The molecule has 4 nitrogen and oxygen atoms in total. The summed E-state index contributed by atoms with van der Waals surface area (Å²) in [6.07, 6.45) is 11.4. The van der Waals surface area contributed by atoms with Crippen LogP contribution in [-0.2, 0) is 9.53 Å². The first kappa shape index (κ1) is 20.4. The topological polar surface area (TPSA) is 64.3 Å². The lowest BCUT2D eigenvalue weighted by Crippen LogP contribution is -2.45. The minimum Gasteiger partial charge on any atom is -0.459 e. The van der Waals surface area contributed by atoms with E-state index in [0.29, 0.717) is 6.04 Å². The molecule has 23 heavy (non-hydrogen) atoms. The molecule has 0 heterocycles. The first-order chi connectivity index (χ1) is 10.8. The number of unbranched alkanes of at least 4 members (excludes halogenated alkanes) is 5. The Morgan fingerprint density at radius 3 is 2.39 bits per heavy atom. The van der Waals surface area contributed by atoms with E-state index < -0.39 is 5.60 Å². The summed E-state index contributed by atoms with van der Waals surface area (Å²) in [5.74, 6) is -0.105. The molecule has 0 bridgehead atoms. The highest BCUT2D eigenvalue weighted by molar-refractivity contribution is 5.76. The van der Waals surface area contributed by atoms with Crippen LogP contribution in [0.2, 0.25) is 0 Å². The Labute approximate surface area is 142 Å². The Morgan fingerprint density at radius 2 is 1.83 bits per heavy atom. The number of esters is 1. The lowest BCUT2D eigenvalue weighted by Gasteiger charge is -2.26. The van der Waals surface area contributed by atoms with Gasteiger partial charge >= 0.3 is 5.97 Å². The Kier molecular flexibility index (Phi) is 9.15. The van der Waals surface area contributed by atoms with E-state index in [-0.39, 0.29) is 18.1 Å². The summed E-state index contributed by atoms with van der Waals surface area (Å²) in [6.45, 7) is 8.02. The van der Waals surface area contributed by atoms with Crippen molar-refractivity contribution in [2.24, 2.45) is 5.73 Å². The highest BCUT2D eigenvalue weighted by Crippen LogP contribution is 2.20. The van der Waals surface area contributed by atoms with Crippen LogP contribution in [0.1, 0.15) is 91.9 Å². The van der Waals surface area contributed by atoms with Crippen LogP contribution in [0.5, 0.6) is 0 Å². The van der Waals surface area contributed by atoms with Gasteiger partial charge < -0.3 is 15.8 Å². The standard InChI is InChI=1S/C19H38N2O2/c1-5-6-7-8-9-10-11-17(18(22)23-19(2,3)4)21-16-13-12-15(20)14-16/h15-17,21H,5-14,20H2,1-4H3/t15-,16+,17?/m0/s1. The van der Waals surface area contributed by atoms with Crippen LogP contribution in [-0.4, -0.2) is 29.7 Å². The number of ether oxygens (including phenoxy) is 1. The van der Waals surface area contributed by atoms with Gasteiger partial charge in [0.05, 0.1) is 0 Å². The first-order valence-corrected chi connectivity index (χ1v) is 9.56. The molecule has 1 rings (SSSR count). The van der Waals surface area contributed by atoms with Crippen molar-refractivity contribution in [2.45, 2.75) is 116 Å². The van der Waals surface area contributed by atoms with Gasteiger partial charge in [-0.25, -0.2) is 0 Å². The fraction of sp³-hybridized carbons (Fsp3) is 0.947.